The number of carbonyl (C=O) groups is 1. The summed E-state index contributed by atoms with van der Waals surface area (Å²) in [6, 6.07) is 9.52. The summed E-state index contributed by atoms with van der Waals surface area (Å²) >= 11 is 0. The maximum absolute atomic E-state index is 12.8. The molecule has 2 saturated heterocycles. The molecule has 1 aromatic rings. The van der Waals surface area contributed by atoms with E-state index in [0.29, 0.717) is 0 Å². The van der Waals surface area contributed by atoms with E-state index in [1.54, 1.807) is 6.08 Å². The van der Waals surface area contributed by atoms with Crippen molar-refractivity contribution in [2.75, 3.05) is 6.61 Å². The van der Waals surface area contributed by atoms with Gasteiger partial charge in [0.05, 0.1) is 6.61 Å². The normalized spacial score (nSPS) is 29.4. The zero-order chi connectivity index (χ0) is 23.8. The molecule has 0 unspecified atom stereocenters. The maximum Gasteiger partial charge on any atom is 0.408 e. The SMILES string of the molecule is C=C[C@]1(NC(=O)OCc2ccccc2)[C@@H](CO[Si](C)(C)C(C)(C)C)O[C@@H]2OC(C)(C)O[C@@H]21. The van der Waals surface area contributed by atoms with E-state index in [0.717, 1.165) is 5.56 Å². The minimum absolute atomic E-state index is 0.0371. The molecular formula is C24H37NO6Si. The molecule has 1 aromatic carbocycles. The lowest BCUT2D eigenvalue weighted by atomic mass is 9.88. The number of amides is 1. The summed E-state index contributed by atoms with van der Waals surface area (Å²) in [5.74, 6) is -0.843. The Morgan fingerprint density at radius 1 is 1.22 bits per heavy atom. The van der Waals surface area contributed by atoms with Crippen LogP contribution in [-0.2, 0) is 30.0 Å². The summed E-state index contributed by atoms with van der Waals surface area (Å²) in [6.07, 6.45) is -0.683. The fourth-order valence-electron chi connectivity index (χ4n) is 3.67. The number of ether oxygens (including phenoxy) is 4. The van der Waals surface area contributed by atoms with Crippen molar-refractivity contribution in [1.29, 1.82) is 0 Å². The predicted octanol–water partition coefficient (Wildman–Crippen LogP) is 4.74. The molecule has 0 saturated carbocycles. The molecule has 7 nitrogen and oxygen atoms in total. The van der Waals surface area contributed by atoms with E-state index < -0.39 is 44.2 Å². The van der Waals surface area contributed by atoms with Crippen LogP contribution in [0.5, 0.6) is 0 Å². The van der Waals surface area contributed by atoms with Gasteiger partial charge in [0.15, 0.2) is 20.4 Å². The molecule has 0 radical (unpaired) electrons. The topological polar surface area (TPSA) is 75.3 Å². The Balaban J connectivity index is 1.78. The van der Waals surface area contributed by atoms with Crippen LogP contribution in [0.2, 0.25) is 18.1 Å². The molecule has 1 N–H and O–H groups in total. The van der Waals surface area contributed by atoms with E-state index in [4.69, 9.17) is 23.4 Å². The fraction of sp³-hybridized carbons (Fsp3) is 0.625. The van der Waals surface area contributed by atoms with E-state index in [1.165, 1.54) is 0 Å². The second-order valence-electron chi connectivity index (χ2n) is 10.4. The molecule has 8 heteroatoms. The summed E-state index contributed by atoms with van der Waals surface area (Å²) in [6.45, 7) is 19.0. The lowest BCUT2D eigenvalue weighted by Crippen LogP contribution is -2.61. The lowest BCUT2D eigenvalue weighted by molar-refractivity contribution is -0.213. The maximum atomic E-state index is 12.8. The van der Waals surface area contributed by atoms with Crippen LogP contribution in [0.1, 0.15) is 40.2 Å². The first-order valence-electron chi connectivity index (χ1n) is 11.1. The van der Waals surface area contributed by atoms with Gasteiger partial charge in [0.1, 0.15) is 24.4 Å². The van der Waals surface area contributed by atoms with Crippen molar-refractivity contribution >= 4 is 14.4 Å². The number of benzene rings is 1. The van der Waals surface area contributed by atoms with Crippen LogP contribution >= 0.6 is 0 Å². The van der Waals surface area contributed by atoms with E-state index >= 15 is 0 Å². The van der Waals surface area contributed by atoms with Crippen LogP contribution in [0.4, 0.5) is 4.79 Å². The summed E-state index contributed by atoms with van der Waals surface area (Å²) in [4.78, 5) is 12.8. The quantitative estimate of drug-likeness (QED) is 0.465. The number of carbonyl (C=O) groups excluding carboxylic acids is 1. The smallest absolute Gasteiger partial charge is 0.408 e. The number of alkyl carbamates (subject to hydrolysis) is 1. The Bertz CT molecular complexity index is 822. The molecule has 0 aliphatic carbocycles. The third-order valence-corrected chi connectivity index (χ3v) is 11.1. The van der Waals surface area contributed by atoms with Gasteiger partial charge in [-0.25, -0.2) is 4.79 Å². The molecule has 3 rings (SSSR count). The largest absolute Gasteiger partial charge is 0.445 e. The van der Waals surface area contributed by atoms with E-state index in [2.05, 4.69) is 45.8 Å². The summed E-state index contributed by atoms with van der Waals surface area (Å²) < 4.78 is 30.2. The second-order valence-corrected chi connectivity index (χ2v) is 15.3. The molecular weight excluding hydrogens is 426 g/mol. The minimum Gasteiger partial charge on any atom is -0.445 e. The average Bonchev–Trinajstić information content (AvgIpc) is 3.15. The van der Waals surface area contributed by atoms with E-state index in [9.17, 15) is 4.79 Å². The molecule has 32 heavy (non-hydrogen) atoms. The molecule has 2 aliphatic heterocycles. The Morgan fingerprint density at radius 2 is 1.88 bits per heavy atom. The summed E-state index contributed by atoms with van der Waals surface area (Å²) in [5.41, 5.74) is -0.163. The molecule has 0 aromatic heterocycles. The Kier molecular flexibility index (Phi) is 6.94. The second kappa shape index (κ2) is 8.91. The summed E-state index contributed by atoms with van der Waals surface area (Å²) in [7, 11) is -2.05. The molecule has 4 atom stereocenters. The Labute approximate surface area is 192 Å². The zero-order valence-electron chi connectivity index (χ0n) is 20.3. The van der Waals surface area contributed by atoms with Crippen molar-refractivity contribution in [2.45, 2.75) is 89.2 Å². The van der Waals surface area contributed by atoms with Crippen molar-refractivity contribution < 1.29 is 28.2 Å². The number of fused-ring (bicyclic) bond motifs is 1. The van der Waals surface area contributed by atoms with Gasteiger partial charge in [0.2, 0.25) is 0 Å². The number of rotatable bonds is 7. The fourth-order valence-corrected chi connectivity index (χ4v) is 4.68. The van der Waals surface area contributed by atoms with Crippen molar-refractivity contribution in [3.8, 4) is 0 Å². The van der Waals surface area contributed by atoms with Gasteiger partial charge in [-0.2, -0.15) is 0 Å². The highest BCUT2D eigenvalue weighted by Crippen LogP contribution is 2.45. The molecule has 0 spiro atoms. The van der Waals surface area contributed by atoms with Crippen molar-refractivity contribution in [3.05, 3.63) is 48.6 Å². The van der Waals surface area contributed by atoms with Crippen LogP contribution in [0.25, 0.3) is 0 Å². The first kappa shape index (κ1) is 24.9. The molecule has 0 bridgehead atoms. The van der Waals surface area contributed by atoms with Gasteiger partial charge < -0.3 is 28.7 Å². The standard InChI is InChI=1S/C24H37NO6Si/c1-9-24(25-21(26)27-15-17-13-11-10-12-14-17)18(16-28-32(7,8)22(2,3)4)29-20-19(24)30-23(5,6)31-20/h9-14,18-20H,1,15-16H2,2-8H3,(H,25,26)/t18-,19+,20-,24+/m1/s1. The summed E-state index contributed by atoms with van der Waals surface area (Å²) in [5, 5.41) is 3.01. The van der Waals surface area contributed by atoms with Gasteiger partial charge >= 0.3 is 6.09 Å². The van der Waals surface area contributed by atoms with Gasteiger partial charge in [-0.1, -0.05) is 57.2 Å². The zero-order valence-corrected chi connectivity index (χ0v) is 21.3. The van der Waals surface area contributed by atoms with Gasteiger partial charge in [-0.15, -0.1) is 6.58 Å². The highest BCUT2D eigenvalue weighted by atomic mass is 28.4. The van der Waals surface area contributed by atoms with Crippen molar-refractivity contribution in [3.63, 3.8) is 0 Å². The molecule has 2 aliphatic rings. The molecule has 178 valence electrons. The van der Waals surface area contributed by atoms with Gasteiger partial charge in [-0.05, 0) is 37.5 Å². The first-order chi connectivity index (χ1) is 14.8. The van der Waals surface area contributed by atoms with Crippen LogP contribution in [0.3, 0.4) is 0 Å². The highest BCUT2D eigenvalue weighted by molar-refractivity contribution is 6.74. The number of hydrogen-bond acceptors (Lipinski definition) is 6. The number of hydrogen-bond donors (Lipinski definition) is 1. The van der Waals surface area contributed by atoms with Gasteiger partial charge in [0.25, 0.3) is 0 Å². The minimum atomic E-state index is -2.05. The predicted molar refractivity (Wildman–Crippen MR) is 125 cm³/mol. The third-order valence-electron chi connectivity index (χ3n) is 6.63. The van der Waals surface area contributed by atoms with Crippen molar-refractivity contribution in [1.82, 2.24) is 5.32 Å². The third kappa shape index (κ3) is 5.10. The van der Waals surface area contributed by atoms with Crippen LogP contribution in [0, 0.1) is 0 Å². The molecule has 2 heterocycles. The highest BCUT2D eigenvalue weighted by Gasteiger charge is 2.63. The van der Waals surface area contributed by atoms with Crippen LogP contribution in [-0.4, -0.2) is 50.8 Å². The van der Waals surface area contributed by atoms with Crippen LogP contribution < -0.4 is 5.32 Å². The Morgan fingerprint density at radius 3 is 2.47 bits per heavy atom. The first-order valence-corrected chi connectivity index (χ1v) is 14.0. The number of nitrogens with one attached hydrogen (secondary N) is 1. The van der Waals surface area contributed by atoms with Gasteiger partial charge in [0, 0.05) is 0 Å². The van der Waals surface area contributed by atoms with Gasteiger partial charge in [-0.3, -0.25) is 0 Å². The Hall–Kier alpha value is -1.71. The van der Waals surface area contributed by atoms with Crippen molar-refractivity contribution in [2.24, 2.45) is 0 Å². The molecule has 2 fully saturated rings. The van der Waals surface area contributed by atoms with E-state index in [-0.39, 0.29) is 18.3 Å². The average molecular weight is 464 g/mol. The van der Waals surface area contributed by atoms with E-state index in [1.807, 2.05) is 44.2 Å². The lowest BCUT2D eigenvalue weighted by Gasteiger charge is -2.40. The van der Waals surface area contributed by atoms with Crippen LogP contribution in [0.15, 0.2) is 43.0 Å². The molecule has 1 amide bonds. The monoisotopic (exact) mass is 463 g/mol.